The summed E-state index contributed by atoms with van der Waals surface area (Å²) in [7, 11) is -9.61. The molecule has 0 aliphatic heterocycles. The Labute approximate surface area is 147 Å². The number of nitrogens with two attached hydrogens (primary N) is 1. The summed E-state index contributed by atoms with van der Waals surface area (Å²) < 4.78 is 33.7. The summed E-state index contributed by atoms with van der Waals surface area (Å²) in [6.07, 6.45) is 3.35. The van der Waals surface area contributed by atoms with Crippen molar-refractivity contribution in [3.8, 4) is 0 Å². The van der Waals surface area contributed by atoms with E-state index in [2.05, 4.69) is 19.3 Å². The average Bonchev–Trinajstić information content (AvgIpc) is 3.04. The van der Waals surface area contributed by atoms with E-state index in [1.54, 1.807) is 6.33 Å². The molecule has 14 heteroatoms. The summed E-state index contributed by atoms with van der Waals surface area (Å²) in [5.41, 5.74) is 6.93. The molecule has 5 N–H and O–H groups in total. The van der Waals surface area contributed by atoms with E-state index in [9.17, 15) is 14.0 Å². The van der Waals surface area contributed by atoms with Crippen LogP contribution in [0.1, 0.15) is 18.9 Å². The van der Waals surface area contributed by atoms with Crippen molar-refractivity contribution in [2.45, 2.75) is 25.0 Å². The van der Waals surface area contributed by atoms with E-state index in [0.29, 0.717) is 29.3 Å². The second-order valence-corrected chi connectivity index (χ2v) is 9.66. The summed E-state index contributed by atoms with van der Waals surface area (Å²) in [4.78, 5) is 39.2. The topological polar surface area (TPSA) is 183 Å². The molecule has 142 valence electrons. The third kappa shape index (κ3) is 3.41. The van der Waals surface area contributed by atoms with Crippen LogP contribution in [0.2, 0.25) is 0 Å². The van der Waals surface area contributed by atoms with Crippen LogP contribution in [0.5, 0.6) is 0 Å². The van der Waals surface area contributed by atoms with E-state index in [1.165, 1.54) is 6.33 Å². The maximum atomic E-state index is 11.7. The first-order valence-corrected chi connectivity index (χ1v) is 11.1. The number of hydrogen-bond acceptors (Lipinski definition) is 8. The molecule has 2 aliphatic rings. The predicted octanol–water partition coefficient (Wildman–Crippen LogP) is 0.627. The molecule has 26 heavy (non-hydrogen) atoms. The largest absolute Gasteiger partial charge is 0.476 e. The zero-order chi connectivity index (χ0) is 18.7. The van der Waals surface area contributed by atoms with Crippen LogP contribution in [0.4, 0.5) is 5.82 Å². The van der Waals surface area contributed by atoms with Crippen molar-refractivity contribution in [3.05, 3.63) is 12.7 Å². The first kappa shape index (κ1) is 18.0. The molecule has 0 radical (unpaired) electrons. The lowest BCUT2D eigenvalue weighted by Gasteiger charge is -2.20. The van der Waals surface area contributed by atoms with E-state index >= 15 is 0 Å². The van der Waals surface area contributed by atoms with Gasteiger partial charge in [-0.25, -0.2) is 23.8 Å². The van der Waals surface area contributed by atoms with Gasteiger partial charge in [-0.1, -0.05) is 0 Å². The van der Waals surface area contributed by atoms with Crippen LogP contribution in [-0.2, 0) is 18.2 Å². The molecule has 2 aromatic heterocycles. The van der Waals surface area contributed by atoms with E-state index < -0.39 is 21.8 Å². The minimum Gasteiger partial charge on any atom is -0.382 e. The van der Waals surface area contributed by atoms with Gasteiger partial charge in [0.05, 0.1) is 12.4 Å². The van der Waals surface area contributed by atoms with Crippen LogP contribution in [0.3, 0.4) is 0 Å². The second kappa shape index (κ2) is 6.07. The molecule has 5 atom stereocenters. The van der Waals surface area contributed by atoms with Gasteiger partial charge in [0.1, 0.15) is 18.2 Å². The Bertz CT molecular complexity index is 945. The van der Waals surface area contributed by atoms with Gasteiger partial charge in [0.25, 0.3) is 0 Å². The fraction of sp³-hybridized carbons (Fsp3) is 0.583. The van der Waals surface area contributed by atoms with E-state index in [1.807, 2.05) is 4.57 Å². The highest BCUT2D eigenvalue weighted by molar-refractivity contribution is 7.63. The molecule has 2 aromatic rings. The Morgan fingerprint density at radius 1 is 1.19 bits per heavy atom. The number of hydrogen-bond donors (Lipinski definition) is 4. The Hall–Kier alpha value is -1.39. The summed E-state index contributed by atoms with van der Waals surface area (Å²) in [6, 6.07) is 0.0464. The molecular weight excluding hydrogens is 388 g/mol. The fourth-order valence-electron chi connectivity index (χ4n) is 3.70. The Morgan fingerprint density at radius 3 is 2.69 bits per heavy atom. The van der Waals surface area contributed by atoms with Crippen LogP contribution in [0, 0.1) is 11.8 Å². The Kier molecular flexibility index (Phi) is 4.20. The highest BCUT2D eigenvalue weighted by Gasteiger charge is 2.56. The number of nitrogen functional groups attached to an aromatic ring is 1. The van der Waals surface area contributed by atoms with E-state index in [4.69, 9.17) is 20.3 Å². The van der Waals surface area contributed by atoms with E-state index in [0.717, 1.165) is 6.42 Å². The maximum Gasteiger partial charge on any atom is 0.476 e. The van der Waals surface area contributed by atoms with Crippen molar-refractivity contribution in [2.75, 3.05) is 12.1 Å². The average molecular weight is 405 g/mol. The van der Waals surface area contributed by atoms with Crippen molar-refractivity contribution in [1.82, 2.24) is 19.5 Å². The van der Waals surface area contributed by atoms with Gasteiger partial charge in [-0.3, -0.25) is 4.57 Å². The van der Waals surface area contributed by atoms with Crippen molar-refractivity contribution in [3.63, 3.8) is 0 Å². The van der Waals surface area contributed by atoms with Gasteiger partial charge >= 0.3 is 15.4 Å². The minimum atomic E-state index is -5.07. The SMILES string of the molecule is Nc1ncnc2c1ncn2[C@H]1C[C@H](OCP(=O)(O)OP(=O)(O)O)[C@H]2C[C@H]21. The molecule has 1 unspecified atom stereocenters. The quantitative estimate of drug-likeness (QED) is 0.494. The maximum absolute atomic E-state index is 11.7. The lowest BCUT2D eigenvalue weighted by Crippen LogP contribution is -2.17. The smallest absolute Gasteiger partial charge is 0.382 e. The Morgan fingerprint density at radius 2 is 1.96 bits per heavy atom. The Balaban J connectivity index is 1.46. The summed E-state index contributed by atoms with van der Waals surface area (Å²) in [5, 5.41) is 0. The highest BCUT2D eigenvalue weighted by atomic mass is 31.3. The molecule has 2 heterocycles. The first-order chi connectivity index (χ1) is 12.1. The molecule has 0 saturated heterocycles. The van der Waals surface area contributed by atoms with Gasteiger partial charge in [0.2, 0.25) is 0 Å². The number of ether oxygens (including phenoxy) is 1. The first-order valence-electron chi connectivity index (χ1n) is 7.78. The molecule has 4 rings (SSSR count). The number of imidazole rings is 1. The molecule has 0 spiro atoms. The van der Waals surface area contributed by atoms with Crippen molar-refractivity contribution in [2.24, 2.45) is 11.8 Å². The van der Waals surface area contributed by atoms with Gasteiger partial charge < -0.3 is 29.7 Å². The molecule has 12 nitrogen and oxygen atoms in total. The van der Waals surface area contributed by atoms with Crippen LogP contribution in [0.25, 0.3) is 11.2 Å². The monoisotopic (exact) mass is 405 g/mol. The van der Waals surface area contributed by atoms with Gasteiger partial charge in [0, 0.05) is 6.04 Å². The summed E-state index contributed by atoms with van der Waals surface area (Å²) >= 11 is 0. The number of fused-ring (bicyclic) bond motifs is 2. The van der Waals surface area contributed by atoms with Crippen LogP contribution in [-0.4, -0.2) is 46.7 Å². The lowest BCUT2D eigenvalue weighted by molar-refractivity contribution is 0.0603. The highest BCUT2D eigenvalue weighted by Crippen LogP contribution is 2.61. The third-order valence-electron chi connectivity index (χ3n) is 4.77. The van der Waals surface area contributed by atoms with Gasteiger partial charge in [-0.2, -0.15) is 0 Å². The van der Waals surface area contributed by atoms with Crippen LogP contribution in [0.15, 0.2) is 12.7 Å². The molecular formula is C12H17N5O7P2. The van der Waals surface area contributed by atoms with Crippen LogP contribution >= 0.6 is 15.4 Å². The zero-order valence-corrected chi connectivity index (χ0v) is 15.1. The van der Waals surface area contributed by atoms with Gasteiger partial charge in [-0.05, 0) is 24.7 Å². The predicted molar refractivity (Wildman–Crippen MR) is 87.7 cm³/mol. The third-order valence-corrected chi connectivity index (χ3v) is 7.11. The van der Waals surface area contributed by atoms with Gasteiger partial charge in [0.15, 0.2) is 11.5 Å². The normalized spacial score (nSPS) is 30.3. The minimum absolute atomic E-state index is 0.0464. The van der Waals surface area contributed by atoms with E-state index in [-0.39, 0.29) is 18.1 Å². The number of aromatic nitrogens is 4. The van der Waals surface area contributed by atoms with Crippen molar-refractivity contribution in [1.29, 1.82) is 0 Å². The second-order valence-electron chi connectivity index (χ2n) is 6.49. The number of rotatable bonds is 6. The molecule has 2 saturated carbocycles. The lowest BCUT2D eigenvalue weighted by atomic mass is 10.1. The molecule has 0 amide bonds. The molecule has 0 aromatic carbocycles. The zero-order valence-electron chi connectivity index (χ0n) is 13.3. The molecule has 2 fully saturated rings. The van der Waals surface area contributed by atoms with Crippen molar-refractivity contribution >= 4 is 32.4 Å². The van der Waals surface area contributed by atoms with Gasteiger partial charge in [-0.15, -0.1) is 0 Å². The summed E-state index contributed by atoms with van der Waals surface area (Å²) in [5.74, 6) is 0.809. The number of anilines is 1. The van der Waals surface area contributed by atoms with Crippen molar-refractivity contribution < 1.29 is 32.9 Å². The standard InChI is InChI=1S/C12H17N5O7P2/c13-11-10-12(15-3-14-11)17(4-16-10)8-2-9(7-1-6(7)8)23-5-25(18,19)24-26(20,21)22/h3-4,6-9H,1-2,5H2,(H,18,19)(H2,13,14,15)(H2,20,21,22)/t6-,7+,8+,9+/m1/s1. The summed E-state index contributed by atoms with van der Waals surface area (Å²) in [6.45, 7) is 0. The fourth-order valence-corrected chi connectivity index (χ4v) is 5.60. The number of nitrogens with zero attached hydrogens (tertiary/aromatic N) is 4. The molecule has 0 bridgehead atoms. The number of phosphoric acid groups is 1. The molecule has 2 aliphatic carbocycles. The van der Waals surface area contributed by atoms with Crippen LogP contribution < -0.4 is 5.73 Å².